The quantitative estimate of drug-likeness (QED) is 0.0495. The van der Waals surface area contributed by atoms with Gasteiger partial charge in [0.1, 0.15) is 74.7 Å². The molecule has 0 unspecified atom stereocenters. The molecule has 11 aromatic carbocycles. The fourth-order valence-electron chi connectivity index (χ4n) is 7.11. The van der Waals surface area contributed by atoms with E-state index in [1.807, 2.05) is 89.2 Å². The number of hydrogen-bond acceptors (Lipinski definition) is 21. The monoisotopic (exact) mass is 1360 g/mol. The van der Waals surface area contributed by atoms with Crippen LogP contribution in [0.15, 0.2) is 200 Å². The van der Waals surface area contributed by atoms with Crippen LogP contribution in [0.1, 0.15) is 66.8 Å². The highest BCUT2D eigenvalue weighted by Gasteiger charge is 2.08. The van der Waals surface area contributed by atoms with Crippen molar-refractivity contribution in [2.24, 2.45) is 0 Å². The van der Waals surface area contributed by atoms with Gasteiger partial charge in [0.2, 0.25) is 5.75 Å². The first-order valence-corrected chi connectivity index (χ1v) is 29.8. The predicted octanol–water partition coefficient (Wildman–Crippen LogP) is 16.1. The van der Waals surface area contributed by atoms with Crippen molar-refractivity contribution in [1.29, 1.82) is 0 Å². The minimum atomic E-state index is -0.467. The van der Waals surface area contributed by atoms with Crippen LogP contribution < -0.4 is 0 Å². The van der Waals surface area contributed by atoms with E-state index in [4.69, 9.17) is 107 Å². The molecule has 21 heteroatoms. The van der Waals surface area contributed by atoms with Gasteiger partial charge in [-0.25, -0.2) is 0 Å². The Morgan fingerprint density at radius 3 is 0.909 bits per heavy atom. The summed E-state index contributed by atoms with van der Waals surface area (Å²) >= 11 is 0. The Balaban J connectivity index is 0.000000545. The van der Waals surface area contributed by atoms with Gasteiger partial charge in [-0.15, -0.1) is 0 Å². The molecule has 0 radical (unpaired) electrons. The SMILES string of the molecule is Cc1c(O)cc(O)cc1O.Cc1c(O)cccc1O.Cc1cc(O)c(O)c(O)c1.Cc1cc(O)ccc1O.Cc1ccc(O)c(C)c1.Cc1ccc(O)c(O)c1O.Cc1ccc(O)cc1.Cc1ccc(O)cc1O.Cc1cccc(O)c1.Cc1cccc(O)c1O.Cc1ccccc1O. The third-order valence-electron chi connectivity index (χ3n) is 13.3. The molecule has 11 rings (SSSR count). The van der Waals surface area contributed by atoms with E-state index < -0.39 is 11.5 Å². The van der Waals surface area contributed by atoms with Crippen molar-refractivity contribution in [3.63, 3.8) is 0 Å². The minimum absolute atomic E-state index is 0.0301. The lowest BCUT2D eigenvalue weighted by Crippen LogP contribution is -1.75. The van der Waals surface area contributed by atoms with Gasteiger partial charge in [0.15, 0.2) is 40.2 Å². The van der Waals surface area contributed by atoms with Crippen LogP contribution in [0.2, 0.25) is 0 Å². The summed E-state index contributed by atoms with van der Waals surface area (Å²) in [5.74, 6) is -0.197. The van der Waals surface area contributed by atoms with Gasteiger partial charge >= 0.3 is 0 Å². The van der Waals surface area contributed by atoms with E-state index in [9.17, 15) is 0 Å². The van der Waals surface area contributed by atoms with E-state index in [0.717, 1.165) is 22.3 Å². The highest BCUT2D eigenvalue weighted by Crippen LogP contribution is 2.37. The number of phenols is 21. The normalized spacial score (nSPS) is 9.45. The molecule has 99 heavy (non-hydrogen) atoms. The number of aromatic hydroxyl groups is 21. The zero-order valence-corrected chi connectivity index (χ0v) is 56.9. The fourth-order valence-corrected chi connectivity index (χ4v) is 7.11. The molecule has 0 bridgehead atoms. The number of benzene rings is 11. The van der Waals surface area contributed by atoms with Gasteiger partial charge in [0, 0.05) is 29.3 Å². The third-order valence-corrected chi connectivity index (χ3v) is 13.3. The lowest BCUT2D eigenvalue weighted by molar-refractivity contribution is 0.366. The van der Waals surface area contributed by atoms with E-state index in [1.165, 1.54) is 96.1 Å². The van der Waals surface area contributed by atoms with Crippen molar-refractivity contribution in [2.75, 3.05) is 0 Å². The van der Waals surface area contributed by atoms with Crippen LogP contribution in [0.25, 0.3) is 0 Å². The zero-order chi connectivity index (χ0) is 75.4. The molecule has 0 amide bonds. The summed E-state index contributed by atoms with van der Waals surface area (Å²) in [5, 5.41) is 187. The lowest BCUT2D eigenvalue weighted by atomic mass is 10.1. The van der Waals surface area contributed by atoms with E-state index in [-0.39, 0.29) is 86.2 Å². The van der Waals surface area contributed by atoms with Crippen molar-refractivity contribution in [3.05, 3.63) is 267 Å². The Morgan fingerprint density at radius 2 is 0.505 bits per heavy atom. The Labute approximate surface area is 575 Å². The van der Waals surface area contributed by atoms with Gasteiger partial charge in [-0.3, -0.25) is 0 Å². The van der Waals surface area contributed by atoms with Crippen molar-refractivity contribution >= 4 is 0 Å². The topological polar surface area (TPSA) is 425 Å². The minimum Gasteiger partial charge on any atom is -0.508 e. The van der Waals surface area contributed by atoms with Gasteiger partial charge in [0.05, 0.1) is 0 Å². The third kappa shape index (κ3) is 32.8. The van der Waals surface area contributed by atoms with Gasteiger partial charge in [-0.1, -0.05) is 96.1 Å². The van der Waals surface area contributed by atoms with Crippen LogP contribution >= 0.6 is 0 Å². The predicted molar refractivity (Wildman–Crippen MR) is 383 cm³/mol. The van der Waals surface area contributed by atoms with Gasteiger partial charge in [-0.05, 0) is 225 Å². The van der Waals surface area contributed by atoms with Crippen LogP contribution in [0.3, 0.4) is 0 Å². The lowest BCUT2D eigenvalue weighted by Gasteiger charge is -2.01. The summed E-state index contributed by atoms with van der Waals surface area (Å²) in [6.45, 7) is 21.5. The van der Waals surface area contributed by atoms with Gasteiger partial charge in [-0.2, -0.15) is 0 Å². The molecule has 0 aromatic heterocycles. The summed E-state index contributed by atoms with van der Waals surface area (Å²) in [5.41, 5.74) is 9.59. The first-order chi connectivity index (χ1) is 46.2. The standard InChI is InChI=1S/C8H10O.3C7H8O3.4C7H8O2.3C7H8O/c1-6-3-4-8(9)7(2)5-6;1-4-6(9)2-5(8)3-7(4)10;1-4-2-5(8)7(10)6(9)3-4;1-4-2-3-5(8)7(10)6(4)9;1-5-4-6(8)2-3-7(5)9;1-5-2-3-6(8)4-7(5)9;1-5-6(8)3-2-4-7(5)9;1-5-3-2-4-6(8)7(5)9;1-6-2-4-7(8)5-3-6;1-6-3-2-4-7(8)5-6;1-6-4-2-3-5-7(6)8/h3-5,9H,1-2H3;3*2-3,8-10H,1H3;4*2-4,8-9H,1H3;3*2-5,8H,1H3. The summed E-state index contributed by atoms with van der Waals surface area (Å²) in [6, 6.07) is 53.4. The molecule has 0 fully saturated rings. The van der Waals surface area contributed by atoms with Crippen molar-refractivity contribution in [3.8, 4) is 121 Å². The molecule has 528 valence electrons. The molecule has 11 aromatic rings. The van der Waals surface area contributed by atoms with Gasteiger partial charge in [0.25, 0.3) is 0 Å². The maximum Gasteiger partial charge on any atom is 0.200 e. The molecule has 0 aliphatic rings. The molecule has 0 atom stereocenters. The van der Waals surface area contributed by atoms with Crippen molar-refractivity contribution in [2.45, 2.75) is 83.1 Å². The van der Waals surface area contributed by atoms with E-state index in [0.29, 0.717) is 56.4 Å². The van der Waals surface area contributed by atoms with Crippen LogP contribution in [-0.2, 0) is 0 Å². The Kier molecular flexibility index (Phi) is 36.2. The maximum absolute atomic E-state index is 9.04. The molecule has 0 heterocycles. The Hall–Kier alpha value is -12.8. The van der Waals surface area contributed by atoms with Crippen molar-refractivity contribution in [1.82, 2.24) is 0 Å². The second-order valence-electron chi connectivity index (χ2n) is 21.9. The van der Waals surface area contributed by atoms with Crippen LogP contribution in [-0.4, -0.2) is 107 Å². The van der Waals surface area contributed by atoms with Crippen LogP contribution in [0.4, 0.5) is 0 Å². The number of rotatable bonds is 0. The number of hydrogen-bond donors (Lipinski definition) is 21. The Bertz CT molecular complexity index is 3870. The zero-order valence-electron chi connectivity index (χ0n) is 56.9. The summed E-state index contributed by atoms with van der Waals surface area (Å²) in [6.07, 6.45) is 0. The van der Waals surface area contributed by atoms with Crippen molar-refractivity contribution < 1.29 is 107 Å². The highest BCUT2D eigenvalue weighted by atomic mass is 16.3. The average molecular weight is 1360 g/mol. The number of aryl methyl sites for hydroxylation is 10. The first-order valence-electron chi connectivity index (χ1n) is 29.8. The molecule has 0 saturated carbocycles. The molecule has 21 nitrogen and oxygen atoms in total. The first kappa shape index (κ1) is 84.2. The molecule has 21 N–H and O–H groups in total. The second kappa shape index (κ2) is 42.5. The molecular weight excluding hydrogens is 1270 g/mol. The van der Waals surface area contributed by atoms with E-state index >= 15 is 0 Å². The number of para-hydroxylation sites is 2. The summed E-state index contributed by atoms with van der Waals surface area (Å²) in [4.78, 5) is 0. The summed E-state index contributed by atoms with van der Waals surface area (Å²) < 4.78 is 0. The number of phenolic OH excluding ortho intramolecular Hbond substituents is 21. The molecule has 0 spiro atoms. The van der Waals surface area contributed by atoms with Crippen LogP contribution in [0, 0.1) is 83.1 Å². The van der Waals surface area contributed by atoms with Gasteiger partial charge < -0.3 is 107 Å². The highest BCUT2D eigenvalue weighted by molar-refractivity contribution is 5.53. The second-order valence-corrected chi connectivity index (χ2v) is 21.9. The Morgan fingerprint density at radius 1 is 0.152 bits per heavy atom. The fraction of sp³-hybridized carbons (Fsp3) is 0.154. The smallest absolute Gasteiger partial charge is 0.200 e. The van der Waals surface area contributed by atoms with E-state index in [1.54, 1.807) is 109 Å². The largest absolute Gasteiger partial charge is 0.508 e. The van der Waals surface area contributed by atoms with Crippen LogP contribution in [0.5, 0.6) is 121 Å². The molecule has 0 saturated heterocycles. The molecular formula is C78H90O21. The average Bonchev–Trinajstić information content (AvgIpc) is 0.912. The molecule has 0 aliphatic carbocycles. The van der Waals surface area contributed by atoms with E-state index in [2.05, 4.69) is 0 Å². The molecule has 0 aliphatic heterocycles. The maximum atomic E-state index is 9.04. The summed E-state index contributed by atoms with van der Waals surface area (Å²) in [7, 11) is 0.